The van der Waals surface area contributed by atoms with Gasteiger partial charge in [-0.2, -0.15) is 0 Å². The number of anilines is 1. The summed E-state index contributed by atoms with van der Waals surface area (Å²) < 4.78 is 27.6. The molecular formula is C14H10BrF2NO. The number of benzene rings is 2. The van der Waals surface area contributed by atoms with Gasteiger partial charge in [-0.1, -0.05) is 12.1 Å². The number of rotatable bonds is 2. The second-order valence-electron chi connectivity index (χ2n) is 4.03. The number of hydrogen-bond acceptors (Lipinski definition) is 1. The summed E-state index contributed by atoms with van der Waals surface area (Å²) in [6, 6.07) is 8.55. The van der Waals surface area contributed by atoms with Crippen LogP contribution in [-0.4, -0.2) is 5.91 Å². The minimum Gasteiger partial charge on any atom is -0.318 e. The molecule has 2 aromatic rings. The van der Waals surface area contributed by atoms with Crippen LogP contribution in [-0.2, 0) is 0 Å². The van der Waals surface area contributed by atoms with E-state index >= 15 is 0 Å². The number of aryl methyl sites for hydroxylation is 1. The Balaban J connectivity index is 2.31. The monoisotopic (exact) mass is 325 g/mol. The molecule has 0 atom stereocenters. The second-order valence-corrected chi connectivity index (χ2v) is 4.89. The van der Waals surface area contributed by atoms with Crippen LogP contribution in [0.1, 0.15) is 15.9 Å². The van der Waals surface area contributed by atoms with Crippen LogP contribution in [0.5, 0.6) is 0 Å². The lowest BCUT2D eigenvalue weighted by atomic mass is 10.1. The third kappa shape index (κ3) is 2.98. The van der Waals surface area contributed by atoms with Gasteiger partial charge in [0, 0.05) is 4.47 Å². The van der Waals surface area contributed by atoms with E-state index in [1.54, 1.807) is 19.1 Å². The first kappa shape index (κ1) is 13.7. The van der Waals surface area contributed by atoms with Crippen molar-refractivity contribution < 1.29 is 13.6 Å². The molecule has 0 radical (unpaired) electrons. The van der Waals surface area contributed by atoms with Crippen LogP contribution in [0.2, 0.25) is 0 Å². The molecule has 2 aromatic carbocycles. The Hall–Kier alpha value is -1.75. The van der Waals surface area contributed by atoms with Gasteiger partial charge in [0.1, 0.15) is 11.6 Å². The summed E-state index contributed by atoms with van der Waals surface area (Å²) in [5.41, 5.74) is 0.578. The predicted molar refractivity (Wildman–Crippen MR) is 73.2 cm³/mol. The quantitative estimate of drug-likeness (QED) is 0.876. The van der Waals surface area contributed by atoms with Gasteiger partial charge < -0.3 is 5.32 Å². The molecule has 0 aliphatic carbocycles. The van der Waals surface area contributed by atoms with Gasteiger partial charge in [-0.25, -0.2) is 8.78 Å². The summed E-state index contributed by atoms with van der Waals surface area (Å²) >= 11 is 3.13. The minimum atomic E-state index is -0.691. The van der Waals surface area contributed by atoms with Crippen molar-refractivity contribution in [1.29, 1.82) is 0 Å². The van der Waals surface area contributed by atoms with Gasteiger partial charge >= 0.3 is 0 Å². The highest BCUT2D eigenvalue weighted by molar-refractivity contribution is 9.10. The lowest BCUT2D eigenvalue weighted by Gasteiger charge is -2.09. The van der Waals surface area contributed by atoms with Gasteiger partial charge in [-0.15, -0.1) is 0 Å². The molecule has 0 aliphatic rings. The summed E-state index contributed by atoms with van der Waals surface area (Å²) in [5, 5.41) is 2.35. The molecule has 1 amide bonds. The number of nitrogens with one attached hydrogen (secondary N) is 1. The summed E-state index contributed by atoms with van der Waals surface area (Å²) in [7, 11) is 0. The van der Waals surface area contributed by atoms with Crippen molar-refractivity contribution >= 4 is 27.5 Å². The molecule has 19 heavy (non-hydrogen) atoms. The maximum absolute atomic E-state index is 13.6. The molecule has 2 nitrogen and oxygen atoms in total. The lowest BCUT2D eigenvalue weighted by molar-refractivity contribution is 0.102. The molecule has 1 N–H and O–H groups in total. The standard InChI is InChI=1S/C14H10BrF2NO/c1-8-5-6-9(12(17)7-8)14(19)18-13-10(15)3-2-4-11(13)16/h2-7H,1H3,(H,18,19). The van der Waals surface area contributed by atoms with Crippen molar-refractivity contribution in [2.45, 2.75) is 6.92 Å². The third-order valence-electron chi connectivity index (χ3n) is 2.57. The number of carbonyl (C=O) groups is 1. The van der Waals surface area contributed by atoms with Crippen LogP contribution < -0.4 is 5.32 Å². The Bertz CT molecular complexity index is 623. The number of halogens is 3. The van der Waals surface area contributed by atoms with Gasteiger partial charge in [0.15, 0.2) is 0 Å². The Morgan fingerprint density at radius 2 is 1.89 bits per heavy atom. The zero-order valence-corrected chi connectivity index (χ0v) is 11.6. The average Bonchev–Trinajstić information content (AvgIpc) is 2.33. The minimum absolute atomic E-state index is 0.00697. The van der Waals surface area contributed by atoms with Crippen LogP contribution in [0.15, 0.2) is 40.9 Å². The van der Waals surface area contributed by atoms with Crippen molar-refractivity contribution in [3.05, 3.63) is 63.6 Å². The molecule has 0 heterocycles. The van der Waals surface area contributed by atoms with Gasteiger partial charge in [0.2, 0.25) is 0 Å². The first-order valence-electron chi connectivity index (χ1n) is 5.50. The number of carbonyl (C=O) groups excluding carboxylic acids is 1. The van der Waals surface area contributed by atoms with E-state index in [9.17, 15) is 13.6 Å². The van der Waals surface area contributed by atoms with Crippen LogP contribution in [0.25, 0.3) is 0 Å². The third-order valence-corrected chi connectivity index (χ3v) is 3.23. The molecule has 0 aromatic heterocycles. The van der Waals surface area contributed by atoms with Gasteiger partial charge in [0.05, 0.1) is 11.3 Å². The van der Waals surface area contributed by atoms with E-state index in [1.807, 2.05) is 0 Å². The molecule has 0 saturated heterocycles. The van der Waals surface area contributed by atoms with Crippen molar-refractivity contribution in [1.82, 2.24) is 0 Å². The number of hydrogen-bond donors (Lipinski definition) is 1. The topological polar surface area (TPSA) is 29.1 Å². The van der Waals surface area contributed by atoms with Crippen molar-refractivity contribution in [3.8, 4) is 0 Å². The Morgan fingerprint density at radius 3 is 2.53 bits per heavy atom. The van der Waals surface area contributed by atoms with Gasteiger partial charge in [0.25, 0.3) is 5.91 Å². The highest BCUT2D eigenvalue weighted by Crippen LogP contribution is 2.26. The fraction of sp³-hybridized carbons (Fsp3) is 0.0714. The van der Waals surface area contributed by atoms with E-state index in [0.29, 0.717) is 10.0 Å². The molecule has 0 spiro atoms. The molecule has 5 heteroatoms. The van der Waals surface area contributed by atoms with E-state index in [1.165, 1.54) is 24.3 Å². The van der Waals surface area contributed by atoms with E-state index in [2.05, 4.69) is 21.2 Å². The van der Waals surface area contributed by atoms with E-state index in [4.69, 9.17) is 0 Å². The van der Waals surface area contributed by atoms with Gasteiger partial charge in [-0.05, 0) is 52.7 Å². The normalized spacial score (nSPS) is 10.3. The zero-order valence-electron chi connectivity index (χ0n) is 10.0. The fourth-order valence-corrected chi connectivity index (χ4v) is 2.04. The molecule has 2 rings (SSSR count). The first-order valence-corrected chi connectivity index (χ1v) is 6.30. The molecule has 0 saturated carbocycles. The fourth-order valence-electron chi connectivity index (χ4n) is 1.60. The maximum Gasteiger partial charge on any atom is 0.258 e. The van der Waals surface area contributed by atoms with Crippen LogP contribution in [0.4, 0.5) is 14.5 Å². The largest absolute Gasteiger partial charge is 0.318 e. The molecular weight excluding hydrogens is 316 g/mol. The zero-order chi connectivity index (χ0) is 14.0. The van der Waals surface area contributed by atoms with Crippen LogP contribution >= 0.6 is 15.9 Å². The van der Waals surface area contributed by atoms with E-state index in [-0.39, 0.29) is 11.3 Å². The van der Waals surface area contributed by atoms with E-state index < -0.39 is 17.5 Å². The SMILES string of the molecule is Cc1ccc(C(=O)Nc2c(F)cccc2Br)c(F)c1. The van der Waals surface area contributed by atoms with Crippen LogP contribution in [0.3, 0.4) is 0 Å². The molecule has 0 fully saturated rings. The van der Waals surface area contributed by atoms with Crippen molar-refractivity contribution in [2.24, 2.45) is 0 Å². The molecule has 98 valence electrons. The Labute approximate surface area is 117 Å². The number of amides is 1. The summed E-state index contributed by atoms with van der Waals surface area (Å²) in [4.78, 5) is 11.9. The Kier molecular flexibility index (Phi) is 3.95. The molecule has 0 bridgehead atoms. The smallest absolute Gasteiger partial charge is 0.258 e. The van der Waals surface area contributed by atoms with Gasteiger partial charge in [-0.3, -0.25) is 4.79 Å². The Morgan fingerprint density at radius 1 is 1.16 bits per heavy atom. The second kappa shape index (κ2) is 5.48. The molecule has 0 unspecified atom stereocenters. The van der Waals surface area contributed by atoms with Crippen molar-refractivity contribution in [3.63, 3.8) is 0 Å². The van der Waals surface area contributed by atoms with E-state index in [0.717, 1.165) is 0 Å². The number of para-hydroxylation sites is 1. The lowest BCUT2D eigenvalue weighted by Crippen LogP contribution is -2.15. The first-order chi connectivity index (χ1) is 8.99. The summed E-state index contributed by atoms with van der Waals surface area (Å²) in [5.74, 6) is -1.91. The van der Waals surface area contributed by atoms with Crippen LogP contribution in [0, 0.1) is 18.6 Å². The molecule has 0 aliphatic heterocycles. The maximum atomic E-state index is 13.6. The average molecular weight is 326 g/mol. The van der Waals surface area contributed by atoms with Crippen molar-refractivity contribution in [2.75, 3.05) is 5.32 Å². The highest BCUT2D eigenvalue weighted by Gasteiger charge is 2.15. The highest BCUT2D eigenvalue weighted by atomic mass is 79.9. The summed E-state index contributed by atoms with van der Waals surface area (Å²) in [6.45, 7) is 1.72. The summed E-state index contributed by atoms with van der Waals surface area (Å²) in [6.07, 6.45) is 0. The predicted octanol–water partition coefficient (Wildman–Crippen LogP) is 4.29.